The van der Waals surface area contributed by atoms with Crippen LogP contribution in [-0.4, -0.2) is 14.8 Å². The number of hydrogen-bond donors (Lipinski definition) is 2. The molecule has 6 nitrogen and oxygen atoms in total. The van der Waals surface area contributed by atoms with E-state index in [0.29, 0.717) is 6.54 Å². The number of nitrogens with one attached hydrogen (secondary N) is 2. The van der Waals surface area contributed by atoms with Gasteiger partial charge in [-0.15, -0.1) is 0 Å². The van der Waals surface area contributed by atoms with Crippen LogP contribution in [0.3, 0.4) is 0 Å². The predicted molar refractivity (Wildman–Crippen MR) is 95.0 cm³/mol. The fraction of sp³-hybridized carbons (Fsp3) is 0.176. The second-order valence-corrected chi connectivity index (χ2v) is 6.66. The summed E-state index contributed by atoms with van der Waals surface area (Å²) in [5.74, 6) is 2.60. The van der Waals surface area contributed by atoms with Crippen molar-refractivity contribution in [3.05, 3.63) is 71.0 Å². The molecule has 2 N–H and O–H groups in total. The first-order valence-corrected chi connectivity index (χ1v) is 8.37. The molecule has 1 aliphatic rings. The number of aromatic nitrogens is 3. The molecule has 3 aromatic rings. The van der Waals surface area contributed by atoms with Gasteiger partial charge in [0.05, 0.1) is 16.9 Å². The molecule has 1 aliphatic heterocycles. The van der Waals surface area contributed by atoms with E-state index in [-0.39, 0.29) is 0 Å². The summed E-state index contributed by atoms with van der Waals surface area (Å²) >= 11 is 3.55. The van der Waals surface area contributed by atoms with Crippen molar-refractivity contribution in [3.63, 3.8) is 0 Å². The Morgan fingerprint density at radius 2 is 2.25 bits per heavy atom. The van der Waals surface area contributed by atoms with Gasteiger partial charge in [0.1, 0.15) is 22.9 Å². The molecule has 0 spiro atoms. The number of hydrogen-bond acceptors (Lipinski definition) is 5. The zero-order valence-corrected chi connectivity index (χ0v) is 14.6. The smallest absolute Gasteiger partial charge is 0.146 e. The normalized spacial score (nSPS) is 19.3. The van der Waals surface area contributed by atoms with Crippen molar-refractivity contribution in [2.45, 2.75) is 19.0 Å². The lowest BCUT2D eigenvalue weighted by Crippen LogP contribution is -2.37. The van der Waals surface area contributed by atoms with Gasteiger partial charge in [-0.1, -0.05) is 6.07 Å². The van der Waals surface area contributed by atoms with Crippen LogP contribution in [0, 0.1) is 0 Å². The standard InChI is InChI=1S/C17H16BrN5O/c1-17(14-5-3-7-24-14)8-15(20-10-12-4-2-6-19-9-12)23-16(22-17)13(18)11-21-23/h2-9,11,20,22H,10H2,1H3. The molecule has 0 fully saturated rings. The minimum absolute atomic E-state index is 0.473. The van der Waals surface area contributed by atoms with Gasteiger partial charge in [0.2, 0.25) is 0 Å². The number of anilines is 1. The SMILES string of the molecule is CC1(c2ccco2)C=C(NCc2cccnc2)n2ncc(Br)c2N1. The summed E-state index contributed by atoms with van der Waals surface area (Å²) in [7, 11) is 0. The Hall–Kier alpha value is -2.54. The van der Waals surface area contributed by atoms with E-state index in [1.807, 2.05) is 35.1 Å². The number of pyridine rings is 1. The first-order chi connectivity index (χ1) is 11.7. The van der Waals surface area contributed by atoms with Crippen molar-refractivity contribution in [3.8, 4) is 0 Å². The van der Waals surface area contributed by atoms with Gasteiger partial charge in [-0.25, -0.2) is 4.68 Å². The summed E-state index contributed by atoms with van der Waals surface area (Å²) in [6, 6.07) is 7.81. The molecule has 1 atom stereocenters. The zero-order chi connectivity index (χ0) is 16.6. The van der Waals surface area contributed by atoms with Crippen LogP contribution in [0.2, 0.25) is 0 Å². The number of fused-ring (bicyclic) bond motifs is 1. The third-order valence-electron chi connectivity index (χ3n) is 3.99. The summed E-state index contributed by atoms with van der Waals surface area (Å²) in [6.45, 7) is 2.73. The topological polar surface area (TPSA) is 67.9 Å². The third-order valence-corrected chi connectivity index (χ3v) is 4.57. The van der Waals surface area contributed by atoms with Gasteiger partial charge in [-0.05, 0) is 52.7 Å². The highest BCUT2D eigenvalue weighted by molar-refractivity contribution is 9.10. The number of furan rings is 1. The van der Waals surface area contributed by atoms with Crippen molar-refractivity contribution in [2.75, 3.05) is 5.32 Å². The van der Waals surface area contributed by atoms with E-state index in [1.165, 1.54) is 0 Å². The number of nitrogens with zero attached hydrogens (tertiary/aromatic N) is 3. The third kappa shape index (κ3) is 2.60. The maximum atomic E-state index is 5.63. The molecule has 0 saturated carbocycles. The van der Waals surface area contributed by atoms with E-state index in [2.05, 4.69) is 49.6 Å². The van der Waals surface area contributed by atoms with Gasteiger partial charge in [0.15, 0.2) is 0 Å². The van der Waals surface area contributed by atoms with Crippen LogP contribution in [0.4, 0.5) is 5.82 Å². The molecule has 3 aromatic heterocycles. The predicted octanol–water partition coefficient (Wildman–Crippen LogP) is 3.56. The Kier molecular flexibility index (Phi) is 3.65. The molecule has 24 heavy (non-hydrogen) atoms. The van der Waals surface area contributed by atoms with Gasteiger partial charge >= 0.3 is 0 Å². The average molecular weight is 386 g/mol. The molecule has 0 aromatic carbocycles. The van der Waals surface area contributed by atoms with Crippen molar-refractivity contribution in [2.24, 2.45) is 0 Å². The highest BCUT2D eigenvalue weighted by Crippen LogP contribution is 2.37. The van der Waals surface area contributed by atoms with E-state index in [4.69, 9.17) is 4.42 Å². The lowest BCUT2D eigenvalue weighted by Gasteiger charge is -2.33. The highest BCUT2D eigenvalue weighted by Gasteiger charge is 2.34. The minimum atomic E-state index is -0.473. The van der Waals surface area contributed by atoms with E-state index in [9.17, 15) is 0 Å². The molecule has 0 radical (unpaired) electrons. The van der Waals surface area contributed by atoms with E-state index < -0.39 is 5.54 Å². The molecular formula is C17H16BrN5O. The molecule has 0 amide bonds. The van der Waals surface area contributed by atoms with Gasteiger partial charge in [0, 0.05) is 18.9 Å². The first-order valence-electron chi connectivity index (χ1n) is 7.57. The summed E-state index contributed by atoms with van der Waals surface area (Å²) in [4.78, 5) is 4.15. The molecule has 0 aliphatic carbocycles. The summed E-state index contributed by atoms with van der Waals surface area (Å²) in [5.41, 5.74) is 0.628. The van der Waals surface area contributed by atoms with Crippen LogP contribution in [0.15, 0.2) is 64.1 Å². The van der Waals surface area contributed by atoms with Crippen molar-refractivity contribution < 1.29 is 4.42 Å². The lowest BCUT2D eigenvalue weighted by molar-refractivity contribution is 0.438. The first kappa shape index (κ1) is 15.0. The monoisotopic (exact) mass is 385 g/mol. The van der Waals surface area contributed by atoms with E-state index in [0.717, 1.165) is 27.4 Å². The van der Waals surface area contributed by atoms with Gasteiger partial charge < -0.3 is 15.1 Å². The van der Waals surface area contributed by atoms with Gasteiger partial charge in [-0.3, -0.25) is 4.98 Å². The molecule has 122 valence electrons. The average Bonchev–Trinajstić information content (AvgIpc) is 3.25. The van der Waals surface area contributed by atoms with Crippen LogP contribution in [0.25, 0.3) is 5.82 Å². The van der Waals surface area contributed by atoms with Crippen LogP contribution >= 0.6 is 15.9 Å². The largest absolute Gasteiger partial charge is 0.467 e. The van der Waals surface area contributed by atoms with Gasteiger partial charge in [-0.2, -0.15) is 5.10 Å². The molecule has 0 bridgehead atoms. The summed E-state index contributed by atoms with van der Waals surface area (Å²) in [6.07, 6.45) is 9.15. The quantitative estimate of drug-likeness (QED) is 0.718. The highest BCUT2D eigenvalue weighted by atomic mass is 79.9. The van der Waals surface area contributed by atoms with E-state index in [1.54, 1.807) is 18.7 Å². The molecule has 4 rings (SSSR count). The van der Waals surface area contributed by atoms with Crippen molar-refractivity contribution >= 4 is 27.6 Å². The lowest BCUT2D eigenvalue weighted by atomic mass is 9.97. The molecular weight excluding hydrogens is 370 g/mol. The second kappa shape index (κ2) is 5.83. The Labute approximate surface area is 147 Å². The van der Waals surface area contributed by atoms with E-state index >= 15 is 0 Å². The van der Waals surface area contributed by atoms with Crippen LogP contribution in [0.1, 0.15) is 18.2 Å². The molecule has 7 heteroatoms. The summed E-state index contributed by atoms with van der Waals surface area (Å²) < 4.78 is 8.36. The second-order valence-electron chi connectivity index (χ2n) is 5.80. The number of rotatable bonds is 4. The number of halogens is 1. The maximum Gasteiger partial charge on any atom is 0.146 e. The Morgan fingerprint density at radius 3 is 3.00 bits per heavy atom. The van der Waals surface area contributed by atoms with Gasteiger partial charge in [0.25, 0.3) is 0 Å². The fourth-order valence-corrected chi connectivity index (χ4v) is 3.13. The maximum absolute atomic E-state index is 5.63. The Bertz CT molecular complexity index is 872. The summed E-state index contributed by atoms with van der Waals surface area (Å²) in [5, 5.41) is 11.4. The van der Waals surface area contributed by atoms with Crippen molar-refractivity contribution in [1.29, 1.82) is 0 Å². The van der Waals surface area contributed by atoms with Crippen LogP contribution < -0.4 is 10.6 Å². The molecule has 4 heterocycles. The van der Waals surface area contributed by atoms with Crippen LogP contribution in [0.5, 0.6) is 0 Å². The van der Waals surface area contributed by atoms with Crippen molar-refractivity contribution in [1.82, 2.24) is 20.1 Å². The minimum Gasteiger partial charge on any atom is -0.467 e. The Balaban J connectivity index is 1.69. The zero-order valence-electron chi connectivity index (χ0n) is 13.0. The van der Waals surface area contributed by atoms with Crippen LogP contribution in [-0.2, 0) is 12.1 Å². The fourth-order valence-electron chi connectivity index (χ4n) is 2.77. The Morgan fingerprint density at radius 1 is 1.33 bits per heavy atom. The molecule has 0 saturated heterocycles. The molecule has 1 unspecified atom stereocenters.